The van der Waals surface area contributed by atoms with E-state index in [1.807, 2.05) is 30.3 Å². The maximum absolute atomic E-state index is 12.1. The number of fused-ring (bicyclic) bond motifs is 2. The van der Waals surface area contributed by atoms with Gasteiger partial charge >= 0.3 is 5.97 Å². The molecule has 1 unspecified atom stereocenters. The maximum Gasteiger partial charge on any atom is 0.353 e. The molecule has 2 aromatic rings. The normalized spacial score (nSPS) is 22.4. The average Bonchev–Trinajstić information content (AvgIpc) is 3.05. The Bertz CT molecular complexity index is 815. The van der Waals surface area contributed by atoms with Crippen LogP contribution in [0, 0.1) is 0 Å². The van der Waals surface area contributed by atoms with Gasteiger partial charge < -0.3 is 9.52 Å². The van der Waals surface area contributed by atoms with Crippen LogP contribution in [-0.4, -0.2) is 27.3 Å². The number of carboxylic acid groups (broad SMARTS) is 1. The number of hydrogen-bond acceptors (Lipinski definition) is 4. The van der Waals surface area contributed by atoms with Crippen LogP contribution in [0.15, 0.2) is 51.4 Å². The lowest BCUT2D eigenvalue weighted by atomic mass is 10.0. The van der Waals surface area contributed by atoms with E-state index in [0.29, 0.717) is 11.3 Å². The molecule has 4 rings (SSSR count). The zero-order valence-electron chi connectivity index (χ0n) is 10.6. The van der Waals surface area contributed by atoms with Crippen LogP contribution in [0.5, 0.6) is 0 Å². The van der Waals surface area contributed by atoms with Crippen LogP contribution >= 0.6 is 11.8 Å². The highest BCUT2D eigenvalue weighted by molar-refractivity contribution is 8.03. The number of benzene rings is 1. The second-order valence-corrected chi connectivity index (χ2v) is 5.71. The molecule has 1 saturated heterocycles. The van der Waals surface area contributed by atoms with E-state index in [1.54, 1.807) is 6.08 Å². The van der Waals surface area contributed by atoms with Crippen LogP contribution in [0.3, 0.4) is 0 Å². The fourth-order valence-corrected chi connectivity index (χ4v) is 3.61. The second kappa shape index (κ2) is 4.26. The summed E-state index contributed by atoms with van der Waals surface area (Å²) in [6.45, 7) is 0. The quantitative estimate of drug-likeness (QED) is 0.682. The molecule has 104 valence electrons. The Kier molecular flexibility index (Phi) is 2.49. The number of β-lactam (4-membered cyclic amide) rings is 1. The monoisotopic (exact) mass is 299 g/mol. The topological polar surface area (TPSA) is 70.7 Å². The summed E-state index contributed by atoms with van der Waals surface area (Å²) in [4.78, 5) is 24.4. The predicted octanol–water partition coefficient (Wildman–Crippen LogP) is 2.66. The Hall–Kier alpha value is -2.47. The van der Waals surface area contributed by atoms with E-state index in [2.05, 4.69) is 0 Å². The molecule has 3 heterocycles. The number of hydrogen-bond donors (Lipinski definition) is 1. The third kappa shape index (κ3) is 1.72. The number of thioether (sulfide) groups is 1. The molecule has 1 amide bonds. The SMILES string of the molecule is O=C(O)C1=CSC2/C(=C\c3cc4ccccc4o3)C(=O)N12. The van der Waals surface area contributed by atoms with E-state index in [0.717, 1.165) is 11.0 Å². The highest BCUT2D eigenvalue weighted by atomic mass is 32.2. The van der Waals surface area contributed by atoms with Crippen molar-refractivity contribution in [3.8, 4) is 0 Å². The molecule has 0 bridgehead atoms. The van der Waals surface area contributed by atoms with Crippen LogP contribution < -0.4 is 0 Å². The summed E-state index contributed by atoms with van der Waals surface area (Å²) in [5.74, 6) is -0.760. The lowest BCUT2D eigenvalue weighted by Crippen LogP contribution is -2.51. The molecule has 1 atom stereocenters. The van der Waals surface area contributed by atoms with E-state index >= 15 is 0 Å². The van der Waals surface area contributed by atoms with Crippen molar-refractivity contribution < 1.29 is 19.1 Å². The molecule has 0 saturated carbocycles. The smallest absolute Gasteiger partial charge is 0.353 e. The van der Waals surface area contributed by atoms with Gasteiger partial charge in [0.05, 0.1) is 5.57 Å². The summed E-state index contributed by atoms with van der Waals surface area (Å²) >= 11 is 1.32. The number of rotatable bonds is 2. The van der Waals surface area contributed by atoms with Crippen molar-refractivity contribution in [1.29, 1.82) is 0 Å². The summed E-state index contributed by atoms with van der Waals surface area (Å²) in [5.41, 5.74) is 1.36. The fourth-order valence-electron chi connectivity index (χ4n) is 2.49. The third-order valence-corrected chi connectivity index (χ3v) is 4.58. The summed E-state index contributed by atoms with van der Waals surface area (Å²) in [6.07, 6.45) is 1.69. The number of amides is 1. The van der Waals surface area contributed by atoms with Gasteiger partial charge in [0.25, 0.3) is 5.91 Å². The zero-order valence-corrected chi connectivity index (χ0v) is 11.5. The molecule has 0 spiro atoms. The van der Waals surface area contributed by atoms with Crippen molar-refractivity contribution in [2.45, 2.75) is 5.37 Å². The number of para-hydroxylation sites is 1. The molecule has 2 aliphatic rings. The van der Waals surface area contributed by atoms with Crippen molar-refractivity contribution >= 4 is 40.7 Å². The average molecular weight is 299 g/mol. The highest BCUT2D eigenvalue weighted by Crippen LogP contribution is 2.45. The molecule has 0 radical (unpaired) electrons. The van der Waals surface area contributed by atoms with E-state index in [-0.39, 0.29) is 17.0 Å². The molecule has 1 aromatic heterocycles. The first-order valence-electron chi connectivity index (χ1n) is 6.28. The van der Waals surface area contributed by atoms with E-state index in [4.69, 9.17) is 9.52 Å². The van der Waals surface area contributed by atoms with Gasteiger partial charge in [-0.2, -0.15) is 0 Å². The first kappa shape index (κ1) is 12.3. The first-order valence-corrected chi connectivity index (χ1v) is 7.22. The summed E-state index contributed by atoms with van der Waals surface area (Å²) < 4.78 is 5.66. The molecular weight excluding hydrogens is 290 g/mol. The van der Waals surface area contributed by atoms with Gasteiger partial charge in [-0.1, -0.05) is 18.2 Å². The number of nitrogens with zero attached hydrogens (tertiary/aromatic N) is 1. The Labute approximate surface area is 123 Å². The lowest BCUT2D eigenvalue weighted by Gasteiger charge is -2.36. The molecular formula is C15H9NO4S. The van der Waals surface area contributed by atoms with Crippen molar-refractivity contribution in [1.82, 2.24) is 4.90 Å². The van der Waals surface area contributed by atoms with Crippen molar-refractivity contribution in [3.05, 3.63) is 52.8 Å². The van der Waals surface area contributed by atoms with E-state index < -0.39 is 5.97 Å². The van der Waals surface area contributed by atoms with Crippen LogP contribution in [0.1, 0.15) is 5.76 Å². The molecule has 1 aromatic carbocycles. The molecule has 21 heavy (non-hydrogen) atoms. The number of carbonyl (C=O) groups is 2. The van der Waals surface area contributed by atoms with Crippen LogP contribution in [-0.2, 0) is 9.59 Å². The van der Waals surface area contributed by atoms with Gasteiger partial charge in [-0.25, -0.2) is 4.79 Å². The molecule has 1 N–H and O–H groups in total. The number of carbonyl (C=O) groups excluding carboxylic acids is 1. The molecule has 2 aliphatic heterocycles. The van der Waals surface area contributed by atoms with Gasteiger partial charge in [0.1, 0.15) is 22.4 Å². The van der Waals surface area contributed by atoms with Gasteiger partial charge in [0.2, 0.25) is 0 Å². The maximum atomic E-state index is 12.1. The minimum Gasteiger partial charge on any atom is -0.477 e. The van der Waals surface area contributed by atoms with Gasteiger partial charge in [0, 0.05) is 10.8 Å². The van der Waals surface area contributed by atoms with Gasteiger partial charge in [-0.15, -0.1) is 11.8 Å². The zero-order chi connectivity index (χ0) is 14.6. The van der Waals surface area contributed by atoms with E-state index in [1.165, 1.54) is 22.1 Å². The first-order chi connectivity index (χ1) is 10.1. The van der Waals surface area contributed by atoms with Crippen LogP contribution in [0.2, 0.25) is 0 Å². The highest BCUT2D eigenvalue weighted by Gasteiger charge is 2.49. The minimum atomic E-state index is -1.08. The molecule has 1 fully saturated rings. The minimum absolute atomic E-state index is 0.0387. The Morgan fingerprint density at radius 2 is 2.19 bits per heavy atom. The molecule has 0 aliphatic carbocycles. The van der Waals surface area contributed by atoms with Gasteiger partial charge in [-0.3, -0.25) is 9.69 Å². The summed E-state index contributed by atoms with van der Waals surface area (Å²) in [5, 5.41) is 11.2. The Morgan fingerprint density at radius 3 is 2.95 bits per heavy atom. The number of carboxylic acids is 1. The van der Waals surface area contributed by atoms with Crippen molar-refractivity contribution in [2.75, 3.05) is 0 Å². The summed E-state index contributed by atoms with van der Waals surface area (Å²) in [6, 6.07) is 9.46. The Balaban J connectivity index is 1.67. The molecule has 6 heteroatoms. The Morgan fingerprint density at radius 1 is 1.38 bits per heavy atom. The van der Waals surface area contributed by atoms with Gasteiger partial charge in [0.15, 0.2) is 0 Å². The largest absolute Gasteiger partial charge is 0.477 e. The number of furan rings is 1. The second-order valence-electron chi connectivity index (χ2n) is 4.76. The van der Waals surface area contributed by atoms with Crippen LogP contribution in [0.25, 0.3) is 17.0 Å². The summed E-state index contributed by atoms with van der Waals surface area (Å²) in [7, 11) is 0. The lowest BCUT2D eigenvalue weighted by molar-refractivity contribution is -0.141. The van der Waals surface area contributed by atoms with Crippen LogP contribution in [0.4, 0.5) is 0 Å². The fraction of sp³-hybridized carbons (Fsp3) is 0.0667. The van der Waals surface area contributed by atoms with Gasteiger partial charge in [-0.05, 0) is 18.2 Å². The standard InChI is InChI=1S/C15H9NO4S/c17-13-10(14-16(13)11(7-21-14)15(18)19)6-9-5-8-3-1-2-4-12(8)20-9/h1-7,14H,(H,18,19)/b10-6-. The van der Waals surface area contributed by atoms with E-state index in [9.17, 15) is 9.59 Å². The van der Waals surface area contributed by atoms with Crippen molar-refractivity contribution in [2.24, 2.45) is 0 Å². The number of aliphatic carboxylic acids is 1. The third-order valence-electron chi connectivity index (χ3n) is 3.50. The van der Waals surface area contributed by atoms with Crippen molar-refractivity contribution in [3.63, 3.8) is 0 Å². The molecule has 5 nitrogen and oxygen atoms in total. The predicted molar refractivity (Wildman–Crippen MR) is 78.1 cm³/mol.